The number of nitrogens with one attached hydrogen (secondary N) is 2. The minimum Gasteiger partial charge on any atom is -0.459 e. The number of likely N-dealkylation sites (N-methyl/N-ethyl adjacent to an activating group) is 2. The third-order valence-electron chi connectivity index (χ3n) is 13.6. The van der Waals surface area contributed by atoms with Crippen molar-refractivity contribution in [3.05, 3.63) is 11.1 Å². The van der Waals surface area contributed by atoms with Gasteiger partial charge in [-0.1, -0.05) is 20.8 Å². The number of hydrogen-bond donors (Lipinski definition) is 7. The number of amidine groups is 1. The molecule has 22 heteroatoms. The predicted molar refractivity (Wildman–Crippen MR) is 245 cm³/mol. The van der Waals surface area contributed by atoms with Crippen LogP contribution >= 0.6 is 11.3 Å². The van der Waals surface area contributed by atoms with Crippen molar-refractivity contribution < 1.29 is 68.0 Å². The highest BCUT2D eigenvalue weighted by molar-refractivity contribution is 7.13. The third kappa shape index (κ3) is 13.3. The summed E-state index contributed by atoms with van der Waals surface area (Å²) in [5.41, 5.74) is 6.26. The Morgan fingerprint density at radius 3 is 2.30 bits per heavy atom. The largest absolute Gasteiger partial charge is 0.459 e. The normalized spacial score (nSPS) is 41.7. The number of esters is 1. The van der Waals surface area contributed by atoms with Crippen LogP contribution in [-0.2, 0) is 42.8 Å². The summed E-state index contributed by atoms with van der Waals surface area (Å²) in [7, 11) is 8.39. The molecule has 1 aromatic heterocycles. The molecule has 4 heterocycles. The van der Waals surface area contributed by atoms with Gasteiger partial charge in [0.15, 0.2) is 29.7 Å². The number of methoxy groups -OCH3 is 1. The average Bonchev–Trinajstić information content (AvgIpc) is 3.68. The van der Waals surface area contributed by atoms with Gasteiger partial charge in [0.05, 0.1) is 43.0 Å². The van der Waals surface area contributed by atoms with Gasteiger partial charge in [-0.05, 0) is 94.8 Å². The monoisotopic (exact) mass is 962 g/mol. The number of rotatable bonds is 11. The predicted octanol–water partition coefficient (Wildman–Crippen LogP) is 2.19. The van der Waals surface area contributed by atoms with Gasteiger partial charge in [0.2, 0.25) is 0 Å². The Kier molecular flexibility index (Phi) is 19.6. The summed E-state index contributed by atoms with van der Waals surface area (Å²) < 4.78 is 44.3. The Labute approximate surface area is 393 Å². The SMILES string of the molecule is CC[C@H]1OC(=O)[C@H](C)[C@@H](O[C@H]2C[C@@](C)(OC)[C@@H](OC(=O)N/N=C(\NOC)c3csc(N)n3)[C@H](C)O2)[C@H](C)[C@@H](O[C@@H]2O[C@H](C)C[C@H](N(C)C)[C@H]2O)[C@](C)(O)C[C@@H](C)CN(C)[C@H](C)[C@@H](O)[C@]1(C)O. The smallest absolute Gasteiger partial charge is 0.428 e. The van der Waals surface area contributed by atoms with E-state index >= 15 is 0 Å². The number of amides is 1. The van der Waals surface area contributed by atoms with Gasteiger partial charge in [-0.15, -0.1) is 16.4 Å². The Hall–Kier alpha value is -2.84. The molecule has 380 valence electrons. The van der Waals surface area contributed by atoms with E-state index in [-0.39, 0.29) is 48.3 Å². The van der Waals surface area contributed by atoms with E-state index in [0.717, 1.165) is 0 Å². The molecular weight excluding hydrogens is 883 g/mol. The maximum Gasteiger partial charge on any atom is 0.428 e. The molecule has 0 spiro atoms. The van der Waals surface area contributed by atoms with E-state index in [1.165, 1.54) is 32.5 Å². The zero-order valence-corrected chi connectivity index (χ0v) is 42.2. The number of nitrogen functional groups attached to an aromatic ring is 1. The molecule has 21 nitrogen and oxygen atoms in total. The lowest BCUT2D eigenvalue weighted by Crippen LogP contribution is -2.61. The van der Waals surface area contributed by atoms with Crippen molar-refractivity contribution in [2.45, 2.75) is 185 Å². The number of nitrogens with two attached hydrogens (primary N) is 1. The van der Waals surface area contributed by atoms with Crippen LogP contribution in [0.1, 0.15) is 101 Å². The number of cyclic esters (lactones) is 1. The van der Waals surface area contributed by atoms with Crippen LogP contribution < -0.4 is 16.6 Å². The molecule has 3 aliphatic rings. The highest BCUT2D eigenvalue weighted by Crippen LogP contribution is 2.41. The number of hydrazone groups is 1. The fourth-order valence-corrected chi connectivity index (χ4v) is 10.4. The summed E-state index contributed by atoms with van der Waals surface area (Å²) >= 11 is 1.17. The van der Waals surface area contributed by atoms with Crippen LogP contribution in [0.2, 0.25) is 0 Å². The molecule has 4 rings (SSSR count). The molecular formula is C44H79N7O14S. The molecule has 0 aliphatic carbocycles. The lowest BCUT2D eigenvalue weighted by molar-refractivity contribution is -0.317. The second-order valence-corrected chi connectivity index (χ2v) is 20.4. The van der Waals surface area contributed by atoms with Gasteiger partial charge in [-0.25, -0.2) is 20.7 Å². The highest BCUT2D eigenvalue weighted by atomic mass is 32.1. The first-order chi connectivity index (χ1) is 30.7. The van der Waals surface area contributed by atoms with Gasteiger partial charge in [0.1, 0.15) is 35.2 Å². The van der Waals surface area contributed by atoms with Crippen LogP contribution in [0, 0.1) is 17.8 Å². The summed E-state index contributed by atoms with van der Waals surface area (Å²) in [6, 6.07) is -0.906. The quantitative estimate of drug-likeness (QED) is 0.0725. The second-order valence-electron chi connectivity index (χ2n) is 19.5. The molecule has 0 bridgehead atoms. The van der Waals surface area contributed by atoms with Gasteiger partial charge in [-0.2, -0.15) is 0 Å². The zero-order valence-electron chi connectivity index (χ0n) is 41.4. The third-order valence-corrected chi connectivity index (χ3v) is 14.3. The van der Waals surface area contributed by atoms with Crippen molar-refractivity contribution in [3.63, 3.8) is 0 Å². The number of hydrogen-bond acceptors (Lipinski definition) is 20. The molecule has 3 aliphatic heterocycles. The molecule has 0 saturated carbocycles. The lowest BCUT2D eigenvalue weighted by Gasteiger charge is -2.49. The molecule has 3 fully saturated rings. The fourth-order valence-electron chi connectivity index (χ4n) is 9.81. The molecule has 18 atom stereocenters. The van der Waals surface area contributed by atoms with Crippen LogP contribution in [0.3, 0.4) is 0 Å². The number of aliphatic hydroxyl groups excluding tert-OH is 2. The first kappa shape index (κ1) is 55.8. The van der Waals surface area contributed by atoms with Gasteiger partial charge >= 0.3 is 12.1 Å². The molecule has 0 radical (unpaired) electrons. The summed E-state index contributed by atoms with van der Waals surface area (Å²) in [5, 5.41) is 53.9. The number of aliphatic hydroxyl groups is 4. The van der Waals surface area contributed by atoms with Crippen LogP contribution in [0.15, 0.2) is 10.5 Å². The van der Waals surface area contributed by atoms with Gasteiger partial charge in [-0.3, -0.25) is 9.63 Å². The molecule has 8 N–H and O–H groups in total. The highest BCUT2D eigenvalue weighted by Gasteiger charge is 2.54. The van der Waals surface area contributed by atoms with E-state index in [1.807, 2.05) is 44.8 Å². The van der Waals surface area contributed by atoms with E-state index in [2.05, 4.69) is 21.0 Å². The van der Waals surface area contributed by atoms with Gasteiger partial charge in [0, 0.05) is 43.5 Å². The Morgan fingerprint density at radius 1 is 1.06 bits per heavy atom. The minimum atomic E-state index is -1.86. The number of nitrogens with zero attached hydrogens (tertiary/aromatic N) is 4. The number of carbonyl (C=O) groups is 2. The maximum atomic E-state index is 14.5. The summed E-state index contributed by atoms with van der Waals surface area (Å²) in [4.78, 5) is 40.7. The van der Waals surface area contributed by atoms with Crippen molar-refractivity contribution in [2.75, 3.05) is 47.6 Å². The van der Waals surface area contributed by atoms with Gasteiger partial charge < -0.3 is 69.1 Å². The van der Waals surface area contributed by atoms with Gasteiger partial charge in [0.25, 0.3) is 0 Å². The van der Waals surface area contributed by atoms with E-state index in [0.29, 0.717) is 18.7 Å². The topological polar surface area (TPSA) is 271 Å². The van der Waals surface area contributed by atoms with Crippen LogP contribution in [0.25, 0.3) is 0 Å². The maximum absolute atomic E-state index is 14.5. The zero-order chi connectivity index (χ0) is 49.6. The average molecular weight is 962 g/mol. The Bertz CT molecular complexity index is 1760. The molecule has 1 amide bonds. The van der Waals surface area contributed by atoms with Crippen LogP contribution in [0.5, 0.6) is 0 Å². The van der Waals surface area contributed by atoms with Crippen LogP contribution in [-0.4, -0.2) is 185 Å². The Balaban J connectivity index is 1.74. The molecule has 0 unspecified atom stereocenters. The minimum absolute atomic E-state index is 0.0111. The second kappa shape index (κ2) is 23.2. The van der Waals surface area contributed by atoms with Crippen molar-refractivity contribution in [1.29, 1.82) is 0 Å². The van der Waals surface area contributed by atoms with E-state index in [4.69, 9.17) is 43.7 Å². The van der Waals surface area contributed by atoms with Crippen molar-refractivity contribution in [1.82, 2.24) is 25.7 Å². The van der Waals surface area contributed by atoms with E-state index in [1.54, 1.807) is 53.8 Å². The lowest BCUT2D eigenvalue weighted by atomic mass is 9.77. The summed E-state index contributed by atoms with van der Waals surface area (Å²) in [5.74, 6) is -2.83. The number of thiazole rings is 1. The van der Waals surface area contributed by atoms with Crippen molar-refractivity contribution in [3.8, 4) is 0 Å². The first-order valence-corrected chi connectivity index (χ1v) is 23.7. The molecule has 66 heavy (non-hydrogen) atoms. The molecule has 1 aromatic rings. The number of hydroxylamine groups is 1. The molecule has 3 saturated heterocycles. The van der Waals surface area contributed by atoms with Crippen molar-refractivity contribution in [2.24, 2.45) is 22.9 Å². The molecule has 0 aromatic carbocycles. The number of aromatic nitrogens is 1. The standard InChI is InChI=1S/C44H79N7O14S/c1-16-30-44(10,57)34(53)26(6)51(13)20-22(2)18-42(8,56)35(64-39-32(52)29(50(11)12)17-23(3)60-39)24(4)33(25(5)38(54)62-30)63-31-19-43(9,58-14)36(27(7)61-31)65-41(55)48-47-37(49-59-15)28-21-66-40(45)46-28/h21-27,29-36,39,52-53,56-57H,16-20H2,1-15H3,(H2,45,46)(H,47,49)(H,48,55)/t22-,23-,24+,25-,26-,27+,29+,30-,31+,32-,33+,34-,35-,36+,39+,42-,43-,44-/m1/s1. The number of anilines is 1. The Morgan fingerprint density at radius 2 is 1.73 bits per heavy atom. The summed E-state index contributed by atoms with van der Waals surface area (Å²) in [6.07, 6.45) is -10.3. The number of carbonyl (C=O) groups excluding carboxylic acids is 2. The number of ether oxygens (including phenoxy) is 7. The van der Waals surface area contributed by atoms with Crippen LogP contribution in [0.4, 0.5) is 9.93 Å². The van der Waals surface area contributed by atoms with E-state index in [9.17, 15) is 30.0 Å². The first-order valence-electron chi connectivity index (χ1n) is 22.8. The fraction of sp³-hybridized carbons (Fsp3) is 0.864. The van der Waals surface area contributed by atoms with Crippen molar-refractivity contribution >= 4 is 34.4 Å². The van der Waals surface area contributed by atoms with E-state index < -0.39 is 102 Å². The summed E-state index contributed by atoms with van der Waals surface area (Å²) in [6.45, 7) is 17.7.